The maximum atomic E-state index is 13.5. The van der Waals surface area contributed by atoms with E-state index < -0.39 is 20.7 Å². The minimum Gasteiger partial charge on any atom is -0.392 e. The van der Waals surface area contributed by atoms with Gasteiger partial charge in [0, 0.05) is 11.8 Å². The largest absolute Gasteiger partial charge is 0.392 e. The first-order valence-electron chi connectivity index (χ1n) is 8.13. The van der Waals surface area contributed by atoms with Crippen molar-refractivity contribution in [2.45, 2.75) is 28.1 Å². The Morgan fingerprint density at radius 2 is 1.57 bits per heavy atom. The molecule has 2 aromatic carbocycles. The smallest absolute Gasteiger partial charge is 0.185 e. The molecule has 118 valence electrons. The highest BCUT2D eigenvalue weighted by atomic mass is 32.2. The molecule has 23 heavy (non-hydrogen) atoms. The molecule has 4 fully saturated rings. The molecule has 4 bridgehead atoms. The zero-order valence-electron chi connectivity index (χ0n) is 12.5. The van der Waals surface area contributed by atoms with Gasteiger partial charge >= 0.3 is 0 Å². The fourth-order valence-electron chi connectivity index (χ4n) is 5.64. The Morgan fingerprint density at radius 1 is 0.957 bits per heavy atom. The van der Waals surface area contributed by atoms with E-state index in [1.165, 1.54) is 0 Å². The van der Waals surface area contributed by atoms with Gasteiger partial charge in [-0.15, -0.1) is 0 Å². The predicted octanol–water partition coefficient (Wildman–Crippen LogP) is 2.62. The number of aliphatic hydroxyl groups is 1. The van der Waals surface area contributed by atoms with Crippen LogP contribution in [0, 0.1) is 17.8 Å². The molecule has 3 nitrogen and oxygen atoms in total. The van der Waals surface area contributed by atoms with Crippen LogP contribution in [0.5, 0.6) is 0 Å². The molecule has 1 N–H and O–H groups in total. The predicted molar refractivity (Wildman–Crippen MR) is 86.6 cm³/mol. The van der Waals surface area contributed by atoms with Gasteiger partial charge in [0.25, 0.3) is 0 Å². The first-order chi connectivity index (χ1) is 11.1. The lowest BCUT2D eigenvalue weighted by atomic mass is 9.89. The van der Waals surface area contributed by atoms with Gasteiger partial charge in [-0.25, -0.2) is 8.42 Å². The van der Waals surface area contributed by atoms with Gasteiger partial charge in [0.15, 0.2) is 9.84 Å². The summed E-state index contributed by atoms with van der Waals surface area (Å²) in [6, 6.07) is 18.6. The third-order valence-electron chi connectivity index (χ3n) is 6.35. The molecule has 6 rings (SSSR count). The molecule has 0 aromatic heterocycles. The number of benzene rings is 2. The molecule has 4 aliphatic rings. The van der Waals surface area contributed by atoms with Crippen LogP contribution < -0.4 is 0 Å². The van der Waals surface area contributed by atoms with Crippen molar-refractivity contribution in [3.63, 3.8) is 0 Å². The van der Waals surface area contributed by atoms with Crippen molar-refractivity contribution >= 4 is 9.84 Å². The van der Waals surface area contributed by atoms with E-state index in [9.17, 15) is 13.5 Å². The van der Waals surface area contributed by atoms with Gasteiger partial charge in [0.05, 0.1) is 15.7 Å². The molecule has 4 heteroatoms. The first kappa shape index (κ1) is 13.8. The van der Waals surface area contributed by atoms with Crippen LogP contribution in [0.25, 0.3) is 0 Å². The minimum absolute atomic E-state index is 0.0749. The van der Waals surface area contributed by atoms with Crippen LogP contribution in [0.2, 0.25) is 0 Å². The van der Waals surface area contributed by atoms with Gasteiger partial charge < -0.3 is 5.11 Å². The van der Waals surface area contributed by atoms with Crippen molar-refractivity contribution < 1.29 is 13.5 Å². The third kappa shape index (κ3) is 1.42. The molecule has 0 aliphatic heterocycles. The van der Waals surface area contributed by atoms with Gasteiger partial charge in [-0.3, -0.25) is 0 Å². The molecule has 0 saturated heterocycles. The second-order valence-electron chi connectivity index (χ2n) is 7.08. The summed E-state index contributed by atoms with van der Waals surface area (Å²) in [6.45, 7) is 0. The maximum absolute atomic E-state index is 13.5. The topological polar surface area (TPSA) is 54.4 Å². The molecule has 0 amide bonds. The van der Waals surface area contributed by atoms with Gasteiger partial charge in [0.1, 0.15) is 0 Å². The zero-order chi connectivity index (χ0) is 15.8. The Balaban J connectivity index is 1.70. The fraction of sp³-hybridized carbons (Fsp3) is 0.368. The average Bonchev–Trinajstić information content (AvgIpc) is 2.83. The normalized spacial score (nSPS) is 40.3. The van der Waals surface area contributed by atoms with E-state index in [2.05, 4.69) is 0 Å². The van der Waals surface area contributed by atoms with Crippen LogP contribution >= 0.6 is 0 Å². The zero-order valence-corrected chi connectivity index (χ0v) is 13.4. The molecule has 0 heterocycles. The van der Waals surface area contributed by atoms with E-state index in [-0.39, 0.29) is 23.7 Å². The Labute approximate surface area is 135 Å². The summed E-state index contributed by atoms with van der Waals surface area (Å²) in [5.74, 6) is 0.00520. The van der Waals surface area contributed by atoms with Crippen LogP contribution in [-0.2, 0) is 9.84 Å². The standard InChI is InChI=1S/C19H18O3S/c20-18-14-11-15-17(18)19(15,16(14)12-7-3-1-4-8-12)23(21,22)13-9-5-2-6-10-13/h1-10,14-18,20H,11H2/t14-,15-,16+,17-,18-,19+/m0/s1. The van der Waals surface area contributed by atoms with Crippen LogP contribution in [-0.4, -0.2) is 24.4 Å². The summed E-state index contributed by atoms with van der Waals surface area (Å²) in [4.78, 5) is 0.392. The maximum Gasteiger partial charge on any atom is 0.185 e. The van der Waals surface area contributed by atoms with Crippen LogP contribution in [0.15, 0.2) is 65.6 Å². The lowest BCUT2D eigenvalue weighted by Gasteiger charge is -2.24. The van der Waals surface area contributed by atoms with Gasteiger partial charge in [-0.1, -0.05) is 48.5 Å². The van der Waals surface area contributed by atoms with E-state index in [0.29, 0.717) is 4.90 Å². The Hall–Kier alpha value is -1.65. The lowest BCUT2D eigenvalue weighted by molar-refractivity contribution is 0.131. The molecule has 2 aromatic rings. The van der Waals surface area contributed by atoms with E-state index in [1.54, 1.807) is 24.3 Å². The minimum atomic E-state index is -3.46. The number of aliphatic hydroxyl groups excluding tert-OH is 1. The fourth-order valence-corrected chi connectivity index (χ4v) is 8.45. The van der Waals surface area contributed by atoms with E-state index >= 15 is 0 Å². The molecule has 4 saturated carbocycles. The lowest BCUT2D eigenvalue weighted by Crippen LogP contribution is -2.30. The van der Waals surface area contributed by atoms with Crippen LogP contribution in [0.3, 0.4) is 0 Å². The monoisotopic (exact) mass is 326 g/mol. The van der Waals surface area contributed by atoms with Crippen LogP contribution in [0.4, 0.5) is 0 Å². The van der Waals surface area contributed by atoms with Gasteiger partial charge in [-0.2, -0.15) is 0 Å². The highest BCUT2D eigenvalue weighted by Crippen LogP contribution is 2.82. The number of rotatable bonds is 3. The molecule has 0 radical (unpaired) electrons. The highest BCUT2D eigenvalue weighted by molar-refractivity contribution is 7.93. The summed E-state index contributed by atoms with van der Waals surface area (Å²) in [5.41, 5.74) is 1.05. The third-order valence-corrected chi connectivity index (χ3v) is 9.00. The van der Waals surface area contributed by atoms with E-state index in [4.69, 9.17) is 0 Å². The van der Waals surface area contributed by atoms with Crippen molar-refractivity contribution in [2.24, 2.45) is 17.8 Å². The number of hydrogen-bond acceptors (Lipinski definition) is 3. The van der Waals surface area contributed by atoms with Crippen molar-refractivity contribution in [2.75, 3.05) is 0 Å². The molecule has 4 aliphatic carbocycles. The SMILES string of the molecule is O=S(=O)(c1ccccc1)[C@]12[C@@H]3[C@@H](O)[C@@H](C[C@@H]31)[C@H]2c1ccccc1. The molecule has 0 unspecified atom stereocenters. The summed E-state index contributed by atoms with van der Waals surface area (Å²) >= 11 is 0. The molecular weight excluding hydrogens is 308 g/mol. The second-order valence-corrected chi connectivity index (χ2v) is 9.27. The quantitative estimate of drug-likeness (QED) is 0.943. The molecule has 0 spiro atoms. The summed E-state index contributed by atoms with van der Waals surface area (Å²) in [5, 5.41) is 10.6. The first-order valence-corrected chi connectivity index (χ1v) is 9.61. The van der Waals surface area contributed by atoms with E-state index in [1.807, 2.05) is 36.4 Å². The second kappa shape index (κ2) is 4.25. The Morgan fingerprint density at radius 3 is 2.13 bits per heavy atom. The molecular formula is C19H18O3S. The Bertz CT molecular complexity index is 862. The number of sulfone groups is 1. The summed E-state index contributed by atoms with van der Waals surface area (Å²) in [7, 11) is -3.46. The Kier molecular flexibility index (Phi) is 2.54. The van der Waals surface area contributed by atoms with E-state index in [0.717, 1.165) is 12.0 Å². The average molecular weight is 326 g/mol. The number of hydrogen-bond donors (Lipinski definition) is 1. The molecule has 6 atom stereocenters. The van der Waals surface area contributed by atoms with Crippen molar-refractivity contribution in [1.29, 1.82) is 0 Å². The van der Waals surface area contributed by atoms with Gasteiger partial charge in [0.2, 0.25) is 0 Å². The van der Waals surface area contributed by atoms with Crippen molar-refractivity contribution in [3.8, 4) is 0 Å². The summed E-state index contributed by atoms with van der Waals surface area (Å²) in [6.07, 6.45) is 0.348. The van der Waals surface area contributed by atoms with Crippen LogP contribution in [0.1, 0.15) is 17.9 Å². The summed E-state index contributed by atoms with van der Waals surface area (Å²) < 4.78 is 26.1. The van der Waals surface area contributed by atoms with Crippen molar-refractivity contribution in [1.82, 2.24) is 0 Å². The van der Waals surface area contributed by atoms with Crippen molar-refractivity contribution in [3.05, 3.63) is 66.2 Å². The highest BCUT2D eigenvalue weighted by Gasteiger charge is 2.88. The van der Waals surface area contributed by atoms with Gasteiger partial charge in [-0.05, 0) is 36.0 Å².